The highest BCUT2D eigenvalue weighted by Gasteiger charge is 2.29. The van der Waals surface area contributed by atoms with Crippen LogP contribution in [0.1, 0.15) is 18.5 Å². The van der Waals surface area contributed by atoms with E-state index in [2.05, 4.69) is 17.9 Å². The van der Waals surface area contributed by atoms with Gasteiger partial charge in [0.1, 0.15) is 0 Å². The van der Waals surface area contributed by atoms with Crippen molar-refractivity contribution in [3.05, 3.63) is 23.8 Å². The molecule has 1 aliphatic heterocycles. The smallest absolute Gasteiger partial charge is 0.165 e. The highest BCUT2D eigenvalue weighted by molar-refractivity contribution is 7.99. The zero-order chi connectivity index (χ0) is 14.5. The highest BCUT2D eigenvalue weighted by Crippen LogP contribution is 2.38. The van der Waals surface area contributed by atoms with Gasteiger partial charge in [-0.25, -0.2) is 0 Å². The van der Waals surface area contributed by atoms with Crippen molar-refractivity contribution in [3.63, 3.8) is 0 Å². The van der Waals surface area contributed by atoms with Crippen molar-refractivity contribution in [1.82, 2.24) is 4.90 Å². The van der Waals surface area contributed by atoms with E-state index in [4.69, 9.17) is 15.2 Å². The zero-order valence-electron chi connectivity index (χ0n) is 12.5. The first-order chi connectivity index (χ1) is 9.72. The van der Waals surface area contributed by atoms with Gasteiger partial charge in [0.2, 0.25) is 0 Å². The Hall–Kier alpha value is -0.910. The van der Waals surface area contributed by atoms with Crippen LogP contribution in [0.4, 0.5) is 0 Å². The van der Waals surface area contributed by atoms with Gasteiger partial charge in [-0.3, -0.25) is 4.90 Å². The highest BCUT2D eigenvalue weighted by atomic mass is 32.2. The lowest BCUT2D eigenvalue weighted by Crippen LogP contribution is -2.45. The van der Waals surface area contributed by atoms with Gasteiger partial charge in [0.15, 0.2) is 11.5 Å². The van der Waals surface area contributed by atoms with Gasteiger partial charge in [0.05, 0.1) is 20.3 Å². The summed E-state index contributed by atoms with van der Waals surface area (Å²) in [5.41, 5.74) is 7.19. The standard InChI is InChI=1S/C15H24N2O2S/c1-11-10-20-8-7-17(11)13(9-16)12-5-4-6-14(18-2)15(12)19-3/h4-6,11,13H,7-10,16H2,1-3H3. The molecule has 1 aromatic rings. The van der Waals surface area contributed by atoms with Crippen LogP contribution in [0.2, 0.25) is 0 Å². The molecule has 112 valence electrons. The first kappa shape index (κ1) is 15.5. The van der Waals surface area contributed by atoms with E-state index in [0.29, 0.717) is 12.6 Å². The molecule has 2 rings (SSSR count). The molecule has 5 heteroatoms. The molecule has 0 saturated carbocycles. The second-order valence-electron chi connectivity index (χ2n) is 5.00. The number of methoxy groups -OCH3 is 2. The van der Waals surface area contributed by atoms with Crippen LogP contribution in [0.3, 0.4) is 0 Å². The second kappa shape index (κ2) is 7.20. The van der Waals surface area contributed by atoms with E-state index in [-0.39, 0.29) is 6.04 Å². The summed E-state index contributed by atoms with van der Waals surface area (Å²) in [6.07, 6.45) is 0. The lowest BCUT2D eigenvalue weighted by molar-refractivity contribution is 0.162. The molecule has 4 nitrogen and oxygen atoms in total. The predicted octanol–water partition coefficient (Wildman–Crippen LogP) is 2.14. The lowest BCUT2D eigenvalue weighted by Gasteiger charge is -2.39. The molecule has 2 N–H and O–H groups in total. The van der Waals surface area contributed by atoms with Crippen LogP contribution in [0.15, 0.2) is 18.2 Å². The number of rotatable bonds is 5. The molecule has 0 amide bonds. The summed E-state index contributed by atoms with van der Waals surface area (Å²) >= 11 is 2.01. The molecule has 1 heterocycles. The first-order valence-electron chi connectivity index (χ1n) is 6.97. The van der Waals surface area contributed by atoms with Crippen LogP contribution in [-0.4, -0.2) is 49.8 Å². The van der Waals surface area contributed by atoms with Gasteiger partial charge in [-0.15, -0.1) is 0 Å². The van der Waals surface area contributed by atoms with Gasteiger partial charge in [-0.2, -0.15) is 11.8 Å². The fourth-order valence-electron chi connectivity index (χ4n) is 2.82. The summed E-state index contributed by atoms with van der Waals surface area (Å²) in [4.78, 5) is 2.48. The van der Waals surface area contributed by atoms with Crippen LogP contribution in [-0.2, 0) is 0 Å². The van der Waals surface area contributed by atoms with Gasteiger partial charge in [-0.05, 0) is 13.0 Å². The number of hydrogen-bond acceptors (Lipinski definition) is 5. The number of nitrogens with zero attached hydrogens (tertiary/aromatic N) is 1. The summed E-state index contributed by atoms with van der Waals surface area (Å²) in [5.74, 6) is 3.88. The van der Waals surface area contributed by atoms with Crippen LogP contribution in [0.25, 0.3) is 0 Å². The molecule has 1 aliphatic rings. The number of para-hydroxylation sites is 1. The minimum Gasteiger partial charge on any atom is -0.493 e. The second-order valence-corrected chi connectivity index (χ2v) is 6.15. The molecular weight excluding hydrogens is 272 g/mol. The Labute approximate surface area is 125 Å². The third-order valence-corrected chi connectivity index (χ3v) is 5.02. The molecule has 0 spiro atoms. The van der Waals surface area contributed by atoms with Crippen LogP contribution >= 0.6 is 11.8 Å². The molecule has 0 radical (unpaired) electrons. The lowest BCUT2D eigenvalue weighted by atomic mass is 10.0. The van der Waals surface area contributed by atoms with Crippen molar-refractivity contribution >= 4 is 11.8 Å². The van der Waals surface area contributed by atoms with E-state index in [0.717, 1.165) is 35.1 Å². The van der Waals surface area contributed by atoms with E-state index in [1.165, 1.54) is 0 Å². The maximum atomic E-state index is 6.07. The summed E-state index contributed by atoms with van der Waals surface area (Å²) in [5, 5.41) is 0. The summed E-state index contributed by atoms with van der Waals surface area (Å²) < 4.78 is 11.0. The number of hydrogen-bond donors (Lipinski definition) is 1. The van der Waals surface area contributed by atoms with Crippen molar-refractivity contribution < 1.29 is 9.47 Å². The van der Waals surface area contributed by atoms with Crippen molar-refractivity contribution in [1.29, 1.82) is 0 Å². The average molecular weight is 296 g/mol. The van der Waals surface area contributed by atoms with Gasteiger partial charge in [0.25, 0.3) is 0 Å². The Morgan fingerprint density at radius 3 is 2.80 bits per heavy atom. The Kier molecular flexibility index (Phi) is 5.57. The third kappa shape index (κ3) is 3.05. The monoisotopic (exact) mass is 296 g/mol. The minimum atomic E-state index is 0.177. The minimum absolute atomic E-state index is 0.177. The SMILES string of the molecule is COc1cccc(C(CN)N2CCSCC2C)c1OC. The Morgan fingerprint density at radius 1 is 1.40 bits per heavy atom. The van der Waals surface area contributed by atoms with Crippen molar-refractivity contribution in [2.45, 2.75) is 19.0 Å². The molecular formula is C15H24N2O2S. The van der Waals surface area contributed by atoms with E-state index in [9.17, 15) is 0 Å². The largest absolute Gasteiger partial charge is 0.493 e. The number of benzene rings is 1. The Morgan fingerprint density at radius 2 is 2.20 bits per heavy atom. The predicted molar refractivity (Wildman–Crippen MR) is 84.8 cm³/mol. The topological polar surface area (TPSA) is 47.7 Å². The van der Waals surface area contributed by atoms with Crippen molar-refractivity contribution in [3.8, 4) is 11.5 Å². The molecule has 0 aromatic heterocycles. The Balaban J connectivity index is 2.35. The zero-order valence-corrected chi connectivity index (χ0v) is 13.3. The quantitative estimate of drug-likeness (QED) is 0.902. The van der Waals surface area contributed by atoms with E-state index in [1.807, 2.05) is 23.9 Å². The fourth-order valence-corrected chi connectivity index (χ4v) is 3.86. The van der Waals surface area contributed by atoms with Crippen molar-refractivity contribution in [2.75, 3.05) is 38.8 Å². The van der Waals surface area contributed by atoms with Gasteiger partial charge in [-0.1, -0.05) is 12.1 Å². The summed E-state index contributed by atoms with van der Waals surface area (Å²) in [6, 6.07) is 6.72. The maximum Gasteiger partial charge on any atom is 0.165 e. The fraction of sp³-hybridized carbons (Fsp3) is 0.600. The normalized spacial score (nSPS) is 21.5. The van der Waals surface area contributed by atoms with Gasteiger partial charge >= 0.3 is 0 Å². The van der Waals surface area contributed by atoms with Gasteiger partial charge in [0, 0.05) is 36.2 Å². The Bertz CT molecular complexity index is 442. The van der Waals surface area contributed by atoms with E-state index >= 15 is 0 Å². The first-order valence-corrected chi connectivity index (χ1v) is 8.12. The molecule has 1 saturated heterocycles. The number of ether oxygens (including phenoxy) is 2. The molecule has 1 fully saturated rings. The molecule has 2 unspecified atom stereocenters. The van der Waals surface area contributed by atoms with Crippen LogP contribution < -0.4 is 15.2 Å². The van der Waals surface area contributed by atoms with Crippen molar-refractivity contribution in [2.24, 2.45) is 5.73 Å². The molecule has 20 heavy (non-hydrogen) atoms. The maximum absolute atomic E-state index is 6.07. The van der Waals surface area contributed by atoms with Crippen LogP contribution in [0, 0.1) is 0 Å². The van der Waals surface area contributed by atoms with Gasteiger partial charge < -0.3 is 15.2 Å². The third-order valence-electron chi connectivity index (χ3n) is 3.84. The summed E-state index contributed by atoms with van der Waals surface area (Å²) in [6.45, 7) is 3.91. The summed E-state index contributed by atoms with van der Waals surface area (Å²) in [7, 11) is 3.35. The average Bonchev–Trinajstić information content (AvgIpc) is 2.49. The van der Waals surface area contributed by atoms with Crippen LogP contribution in [0.5, 0.6) is 11.5 Å². The number of thioether (sulfide) groups is 1. The molecule has 2 atom stereocenters. The van der Waals surface area contributed by atoms with E-state index in [1.54, 1.807) is 14.2 Å². The number of nitrogens with two attached hydrogens (primary N) is 1. The molecule has 0 bridgehead atoms. The van der Waals surface area contributed by atoms with E-state index < -0.39 is 0 Å². The molecule has 1 aromatic carbocycles. The molecule has 0 aliphatic carbocycles.